The second kappa shape index (κ2) is 8.29. The molecule has 1 saturated carbocycles. The smallest absolute Gasteiger partial charge is 0.240 e. The van der Waals surface area contributed by atoms with Crippen LogP contribution >= 0.6 is 0 Å². The van der Waals surface area contributed by atoms with Crippen molar-refractivity contribution >= 4 is 17.7 Å². The van der Waals surface area contributed by atoms with E-state index in [1.165, 1.54) is 10.5 Å². The van der Waals surface area contributed by atoms with Gasteiger partial charge in [-0.25, -0.2) is 0 Å². The summed E-state index contributed by atoms with van der Waals surface area (Å²) in [6.07, 6.45) is 8.08. The third kappa shape index (κ3) is 3.77. The van der Waals surface area contributed by atoms with E-state index in [4.69, 9.17) is 0 Å². The van der Waals surface area contributed by atoms with Crippen LogP contribution in [0.1, 0.15) is 61.4 Å². The van der Waals surface area contributed by atoms with Crippen molar-refractivity contribution in [2.24, 2.45) is 11.8 Å². The normalized spacial score (nSPS) is 25.3. The predicted molar refractivity (Wildman–Crippen MR) is 114 cm³/mol. The van der Waals surface area contributed by atoms with Crippen molar-refractivity contribution in [2.75, 3.05) is 6.54 Å². The third-order valence-electron chi connectivity index (χ3n) is 7.01. The van der Waals surface area contributed by atoms with Gasteiger partial charge in [-0.05, 0) is 37.7 Å². The predicted octanol–water partition coefficient (Wildman–Crippen LogP) is 2.60. The number of hydrogen-bond acceptors (Lipinski definition) is 4. The number of hydrogen-bond donors (Lipinski definition) is 1. The molecule has 0 spiro atoms. The highest BCUT2D eigenvalue weighted by atomic mass is 16.2. The summed E-state index contributed by atoms with van der Waals surface area (Å²) in [5.41, 5.74) is 3.38. The Morgan fingerprint density at radius 3 is 2.42 bits per heavy atom. The second-order valence-corrected chi connectivity index (χ2v) is 8.96. The van der Waals surface area contributed by atoms with E-state index < -0.39 is 0 Å². The lowest BCUT2D eigenvalue weighted by molar-refractivity contribution is -0.143. The highest BCUT2D eigenvalue weighted by Gasteiger charge is 2.48. The molecule has 2 heterocycles. The standard InChI is InChI=1S/C24H28N4O3/c29-22(15-27-23(30)17-9-4-5-10-18(17)24(27)31)26-20-11-6-12-21-19(20)13-25-28(21)14-16-7-2-1-3-8-16/h1-3,7-8,13,17-18,20H,4-6,9-12,14-15H2,(H,26,29)/t17-,18-,20+/m1/s1. The average molecular weight is 421 g/mol. The Hall–Kier alpha value is -2.96. The molecule has 3 amide bonds. The van der Waals surface area contributed by atoms with Gasteiger partial charge in [-0.3, -0.25) is 24.0 Å². The van der Waals surface area contributed by atoms with Crippen LogP contribution in [-0.4, -0.2) is 38.9 Å². The van der Waals surface area contributed by atoms with Gasteiger partial charge in [0.25, 0.3) is 0 Å². The van der Waals surface area contributed by atoms with Gasteiger partial charge in [0.1, 0.15) is 6.54 Å². The molecule has 2 aromatic rings. The maximum absolute atomic E-state index is 12.8. The molecule has 2 fully saturated rings. The molecule has 31 heavy (non-hydrogen) atoms. The zero-order valence-corrected chi connectivity index (χ0v) is 17.6. The van der Waals surface area contributed by atoms with Crippen molar-refractivity contribution in [1.29, 1.82) is 0 Å². The minimum absolute atomic E-state index is 0.129. The molecule has 5 rings (SSSR count). The quantitative estimate of drug-likeness (QED) is 0.754. The molecule has 1 aromatic heterocycles. The largest absolute Gasteiger partial charge is 0.348 e. The first kappa shape index (κ1) is 20.0. The molecule has 1 aliphatic heterocycles. The minimum Gasteiger partial charge on any atom is -0.348 e. The molecular formula is C24H28N4O3. The summed E-state index contributed by atoms with van der Waals surface area (Å²) in [4.78, 5) is 39.3. The molecule has 0 unspecified atom stereocenters. The number of rotatable bonds is 5. The van der Waals surface area contributed by atoms with Gasteiger partial charge in [0, 0.05) is 11.3 Å². The van der Waals surface area contributed by atoms with Gasteiger partial charge >= 0.3 is 0 Å². The minimum atomic E-state index is -0.269. The maximum atomic E-state index is 12.8. The summed E-state index contributed by atoms with van der Waals surface area (Å²) in [5.74, 6) is -1.03. The number of carbonyl (C=O) groups is 3. The number of aromatic nitrogens is 2. The van der Waals surface area contributed by atoms with E-state index in [1.54, 1.807) is 0 Å². The van der Waals surface area contributed by atoms with E-state index >= 15 is 0 Å². The van der Waals surface area contributed by atoms with Gasteiger partial charge in [-0.15, -0.1) is 0 Å². The van der Waals surface area contributed by atoms with Crippen LogP contribution in [0.25, 0.3) is 0 Å². The molecule has 7 heteroatoms. The van der Waals surface area contributed by atoms with Crippen molar-refractivity contribution in [1.82, 2.24) is 20.0 Å². The van der Waals surface area contributed by atoms with Crippen LogP contribution in [-0.2, 0) is 27.3 Å². The summed E-state index contributed by atoms with van der Waals surface area (Å²) in [6, 6.07) is 10.1. The average Bonchev–Trinajstić information content (AvgIpc) is 3.30. The number of nitrogens with one attached hydrogen (secondary N) is 1. The Balaban J connectivity index is 1.26. The molecule has 162 valence electrons. The van der Waals surface area contributed by atoms with Gasteiger partial charge in [0.05, 0.1) is 30.6 Å². The fraction of sp³-hybridized carbons (Fsp3) is 0.500. The highest BCUT2D eigenvalue weighted by molar-refractivity contribution is 6.07. The molecule has 1 aromatic carbocycles. The first-order valence-electron chi connectivity index (χ1n) is 11.3. The molecule has 1 N–H and O–H groups in total. The van der Waals surface area contributed by atoms with E-state index in [2.05, 4.69) is 22.5 Å². The second-order valence-electron chi connectivity index (χ2n) is 8.96. The zero-order chi connectivity index (χ0) is 21.4. The van der Waals surface area contributed by atoms with Crippen LogP contribution in [0, 0.1) is 11.8 Å². The third-order valence-corrected chi connectivity index (χ3v) is 7.01. The van der Waals surface area contributed by atoms with Gasteiger partial charge in [0.2, 0.25) is 17.7 Å². The van der Waals surface area contributed by atoms with E-state index in [-0.39, 0.29) is 42.1 Å². The zero-order valence-electron chi connectivity index (χ0n) is 17.6. The van der Waals surface area contributed by atoms with Crippen LogP contribution in [0.5, 0.6) is 0 Å². The first-order valence-corrected chi connectivity index (χ1v) is 11.3. The van der Waals surface area contributed by atoms with Crippen LogP contribution in [0.2, 0.25) is 0 Å². The Morgan fingerprint density at radius 2 is 1.71 bits per heavy atom. The summed E-state index contributed by atoms with van der Waals surface area (Å²) in [5, 5.41) is 7.64. The molecular weight excluding hydrogens is 392 g/mol. The van der Waals surface area contributed by atoms with Crippen LogP contribution in [0.4, 0.5) is 0 Å². The van der Waals surface area contributed by atoms with Crippen molar-refractivity contribution in [3.05, 3.63) is 53.3 Å². The molecule has 3 atom stereocenters. The number of nitrogens with zero attached hydrogens (tertiary/aromatic N) is 3. The summed E-state index contributed by atoms with van der Waals surface area (Å²) < 4.78 is 2.02. The maximum Gasteiger partial charge on any atom is 0.240 e. The number of carbonyl (C=O) groups excluding carboxylic acids is 3. The number of fused-ring (bicyclic) bond motifs is 2. The van der Waals surface area contributed by atoms with Crippen molar-refractivity contribution < 1.29 is 14.4 Å². The number of amides is 3. The fourth-order valence-corrected chi connectivity index (χ4v) is 5.43. The lowest BCUT2D eigenvalue weighted by atomic mass is 9.81. The summed E-state index contributed by atoms with van der Waals surface area (Å²) >= 11 is 0. The Kier molecular flexibility index (Phi) is 5.34. The van der Waals surface area contributed by atoms with Crippen LogP contribution in [0.15, 0.2) is 36.5 Å². The van der Waals surface area contributed by atoms with Gasteiger partial charge in [-0.2, -0.15) is 5.10 Å². The molecule has 7 nitrogen and oxygen atoms in total. The van der Waals surface area contributed by atoms with E-state index in [0.717, 1.165) is 56.2 Å². The summed E-state index contributed by atoms with van der Waals surface area (Å²) in [7, 11) is 0. The van der Waals surface area contributed by atoms with Gasteiger partial charge < -0.3 is 5.32 Å². The van der Waals surface area contributed by atoms with Crippen molar-refractivity contribution in [2.45, 2.75) is 57.5 Å². The Bertz CT molecular complexity index is 976. The first-order chi connectivity index (χ1) is 15.1. The van der Waals surface area contributed by atoms with E-state index in [0.29, 0.717) is 6.54 Å². The lowest BCUT2D eigenvalue weighted by Gasteiger charge is -2.25. The van der Waals surface area contributed by atoms with Crippen LogP contribution in [0.3, 0.4) is 0 Å². The monoisotopic (exact) mass is 420 g/mol. The van der Waals surface area contributed by atoms with Crippen LogP contribution < -0.4 is 5.32 Å². The SMILES string of the molecule is O=C(CN1C(=O)[C@@H]2CCCC[C@H]2C1=O)N[C@H]1CCCc2c1cnn2Cc1ccccc1. The molecule has 3 aliphatic rings. The molecule has 2 aliphatic carbocycles. The van der Waals surface area contributed by atoms with E-state index in [9.17, 15) is 14.4 Å². The highest BCUT2D eigenvalue weighted by Crippen LogP contribution is 2.38. The topological polar surface area (TPSA) is 84.3 Å². The summed E-state index contributed by atoms with van der Waals surface area (Å²) in [6.45, 7) is 0.533. The fourth-order valence-electron chi connectivity index (χ4n) is 5.43. The number of imide groups is 1. The number of likely N-dealkylation sites (tertiary alicyclic amines) is 1. The van der Waals surface area contributed by atoms with E-state index in [1.807, 2.05) is 29.1 Å². The van der Waals surface area contributed by atoms with Gasteiger partial charge in [-0.1, -0.05) is 43.2 Å². The number of benzene rings is 1. The lowest BCUT2D eigenvalue weighted by Crippen LogP contribution is -2.42. The van der Waals surface area contributed by atoms with Gasteiger partial charge in [0.15, 0.2) is 0 Å². The van der Waals surface area contributed by atoms with Crippen molar-refractivity contribution in [3.8, 4) is 0 Å². The molecule has 1 saturated heterocycles. The van der Waals surface area contributed by atoms with Crippen molar-refractivity contribution in [3.63, 3.8) is 0 Å². The Labute approximate surface area is 181 Å². The Morgan fingerprint density at radius 1 is 1.00 bits per heavy atom. The molecule has 0 radical (unpaired) electrons. The molecule has 0 bridgehead atoms.